The van der Waals surface area contributed by atoms with Crippen LogP contribution in [0.3, 0.4) is 0 Å². The first kappa shape index (κ1) is 42.1. The molecule has 0 spiro atoms. The second kappa shape index (κ2) is 17.7. The topological polar surface area (TPSA) is 181 Å². The van der Waals surface area contributed by atoms with Crippen LogP contribution in [0.5, 0.6) is 0 Å². The van der Waals surface area contributed by atoms with Crippen molar-refractivity contribution in [2.75, 3.05) is 51.2 Å². The van der Waals surface area contributed by atoms with E-state index in [2.05, 4.69) is 80.9 Å². The number of carbonyl (C=O) groups is 4. The number of likely N-dealkylation sites (tertiary alicyclic amines) is 2. The number of alkyl carbamates (subject to hydrolysis) is 2. The molecule has 0 aliphatic carbocycles. The van der Waals surface area contributed by atoms with Gasteiger partial charge in [-0.25, -0.2) is 19.6 Å². The minimum atomic E-state index is -0.695. The van der Waals surface area contributed by atoms with E-state index in [1.54, 1.807) is 0 Å². The molecule has 3 aliphatic rings. The standard InChI is InChI=1S/C44H58N10O6/c1-25(2)37(49-43(57)59-7)41(55)53-17-9-11-35(53)39-45-21-31(47-39)27-13-15-33-29(19-27)23-51(5)34-16-14-28(20-30(34)24-52(33)6)32-22-46-40(48-32)36-12-10-18-54(36)42(56)38(26(3)4)50-44(58)60-8/h13-16,19-22,25-26,35-38H,9-12,17-18,23-24H2,1-8H3,(H,45,47)(H,46,48)(H,49,57)(H,50,58). The number of aromatic amines is 2. The lowest BCUT2D eigenvalue weighted by atomic mass is 10.00. The molecule has 0 saturated carbocycles. The number of ether oxygens (including phenoxy) is 2. The number of rotatable bonds is 10. The number of methoxy groups -OCH3 is 2. The molecule has 4 N–H and O–H groups in total. The summed E-state index contributed by atoms with van der Waals surface area (Å²) in [5.41, 5.74) is 8.36. The number of carbonyl (C=O) groups excluding carboxylic acids is 4. The molecule has 16 heteroatoms. The van der Waals surface area contributed by atoms with Crippen LogP contribution in [0.15, 0.2) is 48.8 Å². The largest absolute Gasteiger partial charge is 0.453 e. The van der Waals surface area contributed by atoms with Crippen molar-refractivity contribution in [3.8, 4) is 22.5 Å². The van der Waals surface area contributed by atoms with E-state index >= 15 is 0 Å². The number of hydrogen-bond donors (Lipinski definition) is 4. The molecule has 5 heterocycles. The van der Waals surface area contributed by atoms with Crippen molar-refractivity contribution in [3.05, 3.63) is 71.6 Å². The summed E-state index contributed by atoms with van der Waals surface area (Å²) in [6.07, 6.45) is 5.68. The molecule has 7 rings (SSSR count). The van der Waals surface area contributed by atoms with E-state index in [1.165, 1.54) is 25.3 Å². The summed E-state index contributed by atoms with van der Waals surface area (Å²) in [5, 5.41) is 5.43. The number of benzene rings is 2. The predicted octanol–water partition coefficient (Wildman–Crippen LogP) is 6.14. The average Bonchev–Trinajstić information content (AvgIpc) is 4.07. The van der Waals surface area contributed by atoms with Crippen LogP contribution in [0.4, 0.5) is 21.0 Å². The van der Waals surface area contributed by atoms with Crippen LogP contribution in [-0.2, 0) is 32.2 Å². The van der Waals surface area contributed by atoms with E-state index < -0.39 is 24.3 Å². The number of nitrogens with one attached hydrogen (secondary N) is 4. The summed E-state index contributed by atoms with van der Waals surface area (Å²) < 4.78 is 9.58. The maximum atomic E-state index is 13.7. The minimum absolute atomic E-state index is 0.111. The molecule has 4 atom stereocenters. The lowest BCUT2D eigenvalue weighted by molar-refractivity contribution is -0.136. The molecule has 4 unspecified atom stereocenters. The Morgan fingerprint density at radius 2 is 1.07 bits per heavy atom. The van der Waals surface area contributed by atoms with Crippen molar-refractivity contribution in [2.24, 2.45) is 11.8 Å². The lowest BCUT2D eigenvalue weighted by Gasteiger charge is -2.32. The molecule has 2 saturated heterocycles. The van der Waals surface area contributed by atoms with Crippen LogP contribution in [-0.4, -0.2) is 107 Å². The third kappa shape index (κ3) is 8.50. The second-order valence-electron chi connectivity index (χ2n) is 16.9. The normalized spacial score (nSPS) is 18.8. The Kier molecular flexibility index (Phi) is 12.4. The Bertz CT molecular complexity index is 2060. The number of fused-ring (bicyclic) bond motifs is 2. The van der Waals surface area contributed by atoms with Crippen LogP contribution in [0.1, 0.15) is 88.2 Å². The molecule has 3 aliphatic heterocycles. The molecule has 2 fully saturated rings. The predicted molar refractivity (Wildman–Crippen MR) is 228 cm³/mol. The first-order valence-corrected chi connectivity index (χ1v) is 20.9. The number of nitrogens with zero attached hydrogens (tertiary/aromatic N) is 6. The summed E-state index contributed by atoms with van der Waals surface area (Å²) in [7, 11) is 6.81. The molecule has 2 aromatic heterocycles. The van der Waals surface area contributed by atoms with Gasteiger partial charge in [-0.1, -0.05) is 39.8 Å². The van der Waals surface area contributed by atoms with Crippen molar-refractivity contribution >= 4 is 35.4 Å². The fourth-order valence-corrected chi connectivity index (χ4v) is 8.88. The Labute approximate surface area is 351 Å². The summed E-state index contributed by atoms with van der Waals surface area (Å²) in [6, 6.07) is 11.1. The van der Waals surface area contributed by atoms with Gasteiger partial charge in [0.15, 0.2) is 0 Å². The average molecular weight is 823 g/mol. The number of H-pyrrole nitrogens is 2. The first-order chi connectivity index (χ1) is 28.8. The van der Waals surface area contributed by atoms with Crippen molar-refractivity contribution in [3.63, 3.8) is 0 Å². The van der Waals surface area contributed by atoms with E-state index in [-0.39, 0.29) is 35.7 Å². The number of aromatic nitrogens is 4. The molecule has 0 radical (unpaired) electrons. The highest BCUT2D eigenvalue weighted by Gasteiger charge is 2.39. The summed E-state index contributed by atoms with van der Waals surface area (Å²) in [5.74, 6) is 0.962. The van der Waals surface area contributed by atoms with Gasteiger partial charge >= 0.3 is 12.2 Å². The smallest absolute Gasteiger partial charge is 0.407 e. The van der Waals surface area contributed by atoms with Gasteiger partial charge in [0.1, 0.15) is 23.7 Å². The Hall–Kier alpha value is -6.06. The fraction of sp³-hybridized carbons (Fsp3) is 0.500. The van der Waals surface area contributed by atoms with Crippen molar-refractivity contribution in [1.82, 2.24) is 40.4 Å². The van der Waals surface area contributed by atoms with Gasteiger partial charge in [-0.2, -0.15) is 0 Å². The van der Waals surface area contributed by atoms with E-state index in [0.717, 1.165) is 71.2 Å². The van der Waals surface area contributed by atoms with E-state index in [4.69, 9.17) is 19.4 Å². The number of anilines is 2. The van der Waals surface area contributed by atoms with Crippen molar-refractivity contribution < 1.29 is 28.7 Å². The molecule has 4 aromatic rings. The van der Waals surface area contributed by atoms with Gasteiger partial charge in [0.25, 0.3) is 0 Å². The van der Waals surface area contributed by atoms with Gasteiger partial charge in [0.2, 0.25) is 11.8 Å². The maximum absolute atomic E-state index is 13.7. The monoisotopic (exact) mass is 822 g/mol. The number of hydrogen-bond acceptors (Lipinski definition) is 10. The van der Waals surface area contributed by atoms with Crippen LogP contribution < -0.4 is 20.4 Å². The van der Waals surface area contributed by atoms with E-state index in [9.17, 15) is 19.2 Å². The van der Waals surface area contributed by atoms with Crippen molar-refractivity contribution in [2.45, 2.75) is 90.6 Å². The van der Waals surface area contributed by atoms with Gasteiger partial charge < -0.3 is 49.7 Å². The Balaban J connectivity index is 1.06. The molecule has 4 amide bonds. The molecular weight excluding hydrogens is 765 g/mol. The zero-order valence-corrected chi connectivity index (χ0v) is 35.9. The zero-order valence-electron chi connectivity index (χ0n) is 35.9. The van der Waals surface area contributed by atoms with Crippen molar-refractivity contribution in [1.29, 1.82) is 0 Å². The molecule has 60 heavy (non-hydrogen) atoms. The SMILES string of the molecule is COC(=O)NC(C(=O)N1CCCC1c1ncc(-c2ccc3c(c2)CN(C)c2ccc(-c4cnc(C5CCCN5C(=O)C(NC(=O)OC)C(C)C)[nH]4)cc2CN3C)[nH]1)C(C)C. The van der Waals surface area contributed by atoms with Gasteiger partial charge in [-0.05, 0) is 72.9 Å². The Morgan fingerprint density at radius 3 is 1.43 bits per heavy atom. The van der Waals surface area contributed by atoms with E-state index in [1.807, 2.05) is 49.9 Å². The molecule has 0 bridgehead atoms. The van der Waals surface area contributed by atoms with Gasteiger partial charge in [0.05, 0.1) is 50.1 Å². The maximum Gasteiger partial charge on any atom is 0.407 e. The number of imidazole rings is 2. The zero-order chi connectivity index (χ0) is 42.8. The Morgan fingerprint density at radius 1 is 0.667 bits per heavy atom. The fourth-order valence-electron chi connectivity index (χ4n) is 8.88. The third-order valence-corrected chi connectivity index (χ3v) is 12.1. The highest BCUT2D eigenvalue weighted by atomic mass is 16.5. The molecular formula is C44H58N10O6. The summed E-state index contributed by atoms with van der Waals surface area (Å²) >= 11 is 0. The lowest BCUT2D eigenvalue weighted by Crippen LogP contribution is -2.51. The summed E-state index contributed by atoms with van der Waals surface area (Å²) in [4.78, 5) is 76.2. The molecule has 320 valence electrons. The minimum Gasteiger partial charge on any atom is -0.453 e. The van der Waals surface area contributed by atoms with Crippen LogP contribution in [0, 0.1) is 11.8 Å². The second-order valence-corrected chi connectivity index (χ2v) is 16.9. The van der Waals surface area contributed by atoms with Gasteiger partial charge in [-0.15, -0.1) is 0 Å². The molecule has 16 nitrogen and oxygen atoms in total. The number of amides is 4. The highest BCUT2D eigenvalue weighted by Crippen LogP contribution is 2.38. The molecule has 2 aromatic carbocycles. The van der Waals surface area contributed by atoms with Crippen LogP contribution in [0.25, 0.3) is 22.5 Å². The van der Waals surface area contributed by atoms with Crippen LogP contribution in [0.2, 0.25) is 0 Å². The third-order valence-electron chi connectivity index (χ3n) is 12.1. The highest BCUT2D eigenvalue weighted by molar-refractivity contribution is 5.87. The van der Waals surface area contributed by atoms with Gasteiger partial charge in [0, 0.05) is 62.8 Å². The quantitative estimate of drug-likeness (QED) is 0.145. The summed E-state index contributed by atoms with van der Waals surface area (Å²) in [6.45, 7) is 10.2. The van der Waals surface area contributed by atoms with E-state index in [0.29, 0.717) is 26.2 Å². The van der Waals surface area contributed by atoms with Gasteiger partial charge in [-0.3, -0.25) is 9.59 Å². The first-order valence-electron chi connectivity index (χ1n) is 20.9. The van der Waals surface area contributed by atoms with Crippen LogP contribution >= 0.6 is 0 Å².